The van der Waals surface area contributed by atoms with Crippen LogP contribution in [0.3, 0.4) is 0 Å². The van der Waals surface area contributed by atoms with Crippen molar-refractivity contribution >= 4 is 0 Å². The summed E-state index contributed by atoms with van der Waals surface area (Å²) >= 11 is 0. The van der Waals surface area contributed by atoms with E-state index in [2.05, 4.69) is 0 Å². The third kappa shape index (κ3) is 3.27. The van der Waals surface area contributed by atoms with Gasteiger partial charge in [0.25, 0.3) is 0 Å². The molecule has 0 amide bonds. The van der Waals surface area contributed by atoms with Gasteiger partial charge in [0.1, 0.15) is 17.5 Å². The topological polar surface area (TPSA) is 26.0 Å². The number of halogens is 3. The monoisotopic (exact) mass is 293 g/mol. The fourth-order valence-electron chi connectivity index (χ4n) is 2.30. The smallest absolute Gasteiger partial charge is 0.129 e. The van der Waals surface area contributed by atoms with Gasteiger partial charge in [0.15, 0.2) is 0 Å². The summed E-state index contributed by atoms with van der Waals surface area (Å²) in [5.74, 6) is -1.52. The van der Waals surface area contributed by atoms with Gasteiger partial charge in [-0.25, -0.2) is 13.2 Å². The summed E-state index contributed by atoms with van der Waals surface area (Å²) in [5.41, 5.74) is 6.44. The second-order valence-electron chi connectivity index (χ2n) is 5.74. The molecule has 0 fully saturated rings. The van der Waals surface area contributed by atoms with E-state index >= 15 is 0 Å². The van der Waals surface area contributed by atoms with Gasteiger partial charge in [-0.1, -0.05) is 32.0 Å². The first-order valence-electron chi connectivity index (χ1n) is 6.77. The van der Waals surface area contributed by atoms with Crippen molar-refractivity contribution in [3.05, 3.63) is 71.0 Å². The van der Waals surface area contributed by atoms with Crippen LogP contribution in [0, 0.1) is 17.5 Å². The Morgan fingerprint density at radius 2 is 1.48 bits per heavy atom. The van der Waals surface area contributed by atoms with Gasteiger partial charge in [-0.15, -0.1) is 0 Å². The molecule has 21 heavy (non-hydrogen) atoms. The molecule has 0 aliphatic heterocycles. The van der Waals surface area contributed by atoms with Crippen molar-refractivity contribution < 1.29 is 13.2 Å². The van der Waals surface area contributed by atoms with E-state index < -0.39 is 23.1 Å². The zero-order chi connectivity index (χ0) is 15.6. The van der Waals surface area contributed by atoms with Crippen molar-refractivity contribution in [1.29, 1.82) is 0 Å². The second-order valence-corrected chi connectivity index (χ2v) is 5.74. The van der Waals surface area contributed by atoms with Crippen molar-refractivity contribution in [1.82, 2.24) is 0 Å². The van der Waals surface area contributed by atoms with E-state index in [-0.39, 0.29) is 17.8 Å². The zero-order valence-electron chi connectivity index (χ0n) is 12.0. The van der Waals surface area contributed by atoms with Gasteiger partial charge in [0, 0.05) is 17.0 Å². The van der Waals surface area contributed by atoms with Crippen molar-refractivity contribution in [3.8, 4) is 0 Å². The first kappa shape index (κ1) is 15.6. The lowest BCUT2D eigenvalue weighted by molar-refractivity contribution is 0.395. The number of hydrogen-bond donors (Lipinski definition) is 1. The molecule has 2 rings (SSSR count). The normalized spacial score (nSPS) is 13.2. The molecule has 0 radical (unpaired) electrons. The Labute approximate surface area is 122 Å². The Balaban J connectivity index is 2.26. The largest absolute Gasteiger partial charge is 0.327 e. The molecule has 2 aromatic rings. The maximum atomic E-state index is 13.7. The molecule has 112 valence electrons. The van der Waals surface area contributed by atoms with Gasteiger partial charge < -0.3 is 5.73 Å². The predicted molar refractivity (Wildman–Crippen MR) is 77.5 cm³/mol. The Morgan fingerprint density at radius 3 is 2.00 bits per heavy atom. The third-order valence-corrected chi connectivity index (χ3v) is 4.00. The quantitative estimate of drug-likeness (QED) is 0.907. The van der Waals surface area contributed by atoms with E-state index in [1.54, 1.807) is 12.1 Å². The molecule has 2 N–H and O–H groups in total. The molecule has 0 saturated heterocycles. The highest BCUT2D eigenvalue weighted by molar-refractivity contribution is 5.29. The molecule has 0 aliphatic rings. The number of nitrogens with two attached hydrogens (primary N) is 1. The molecule has 0 saturated carbocycles. The average molecular weight is 293 g/mol. The third-order valence-electron chi connectivity index (χ3n) is 4.00. The summed E-state index contributed by atoms with van der Waals surface area (Å²) in [4.78, 5) is 0. The van der Waals surface area contributed by atoms with E-state index in [0.717, 1.165) is 5.56 Å². The molecule has 0 bridgehead atoms. The molecule has 0 heterocycles. The van der Waals surface area contributed by atoms with Crippen LogP contribution in [0.4, 0.5) is 13.2 Å². The van der Waals surface area contributed by atoms with E-state index in [1.165, 1.54) is 30.3 Å². The standard InChI is InChI=1S/C17H18F3N/c1-17(2,11-6-8-12(18)9-7-11)16(21)10-13-14(19)4-3-5-15(13)20/h3-9,16H,10,21H2,1-2H3. The van der Waals surface area contributed by atoms with Crippen molar-refractivity contribution in [2.24, 2.45) is 5.73 Å². The molecule has 4 heteroatoms. The van der Waals surface area contributed by atoms with Crippen molar-refractivity contribution in [3.63, 3.8) is 0 Å². The second kappa shape index (κ2) is 5.90. The summed E-state index contributed by atoms with van der Waals surface area (Å²) < 4.78 is 40.4. The van der Waals surface area contributed by atoms with Gasteiger partial charge in [-0.05, 0) is 36.2 Å². The lowest BCUT2D eigenvalue weighted by Crippen LogP contribution is -2.42. The first-order valence-corrected chi connectivity index (χ1v) is 6.77. The molecule has 1 atom stereocenters. The number of benzene rings is 2. The van der Waals surface area contributed by atoms with Gasteiger partial charge in [0.05, 0.1) is 0 Å². The van der Waals surface area contributed by atoms with Gasteiger partial charge >= 0.3 is 0 Å². The molecule has 1 nitrogen and oxygen atoms in total. The maximum absolute atomic E-state index is 13.7. The number of hydrogen-bond acceptors (Lipinski definition) is 1. The van der Waals surface area contributed by atoms with Gasteiger partial charge in [-0.3, -0.25) is 0 Å². The first-order chi connectivity index (χ1) is 9.82. The molecular formula is C17H18F3N. The summed E-state index contributed by atoms with van der Waals surface area (Å²) in [6.45, 7) is 3.76. The highest BCUT2D eigenvalue weighted by Crippen LogP contribution is 2.29. The van der Waals surface area contributed by atoms with Crippen molar-refractivity contribution in [2.45, 2.75) is 31.7 Å². The zero-order valence-corrected chi connectivity index (χ0v) is 12.0. The SMILES string of the molecule is CC(C)(c1ccc(F)cc1)C(N)Cc1c(F)cccc1F. The summed E-state index contributed by atoms with van der Waals surface area (Å²) in [5, 5.41) is 0. The lowest BCUT2D eigenvalue weighted by Gasteiger charge is -2.32. The van der Waals surface area contributed by atoms with E-state index in [4.69, 9.17) is 5.73 Å². The van der Waals surface area contributed by atoms with Crippen LogP contribution in [0.15, 0.2) is 42.5 Å². The van der Waals surface area contributed by atoms with Crippen LogP contribution < -0.4 is 5.73 Å². The fraction of sp³-hybridized carbons (Fsp3) is 0.294. The minimum atomic E-state index is -0.597. The van der Waals surface area contributed by atoms with E-state index in [0.29, 0.717) is 0 Å². The van der Waals surface area contributed by atoms with Crippen LogP contribution in [-0.4, -0.2) is 6.04 Å². The van der Waals surface area contributed by atoms with Crippen LogP contribution in [-0.2, 0) is 11.8 Å². The van der Waals surface area contributed by atoms with E-state index in [1.807, 2.05) is 13.8 Å². The van der Waals surface area contributed by atoms with Crippen molar-refractivity contribution in [2.75, 3.05) is 0 Å². The Kier molecular flexibility index (Phi) is 4.37. The highest BCUT2D eigenvalue weighted by atomic mass is 19.1. The van der Waals surface area contributed by atoms with E-state index in [9.17, 15) is 13.2 Å². The Bertz CT molecular complexity index is 600. The van der Waals surface area contributed by atoms with Gasteiger partial charge in [-0.2, -0.15) is 0 Å². The molecule has 0 spiro atoms. The minimum absolute atomic E-state index is 0.0137. The Morgan fingerprint density at radius 1 is 0.952 bits per heavy atom. The molecule has 0 aromatic heterocycles. The van der Waals surface area contributed by atoms with Crippen LogP contribution >= 0.6 is 0 Å². The molecule has 1 unspecified atom stereocenters. The fourth-order valence-corrected chi connectivity index (χ4v) is 2.30. The van der Waals surface area contributed by atoms with Gasteiger partial charge in [0.2, 0.25) is 0 Å². The van der Waals surface area contributed by atoms with Crippen LogP contribution in [0.2, 0.25) is 0 Å². The molecule has 2 aromatic carbocycles. The lowest BCUT2D eigenvalue weighted by atomic mass is 9.76. The maximum Gasteiger partial charge on any atom is 0.129 e. The average Bonchev–Trinajstić information content (AvgIpc) is 2.43. The summed E-state index contributed by atoms with van der Waals surface area (Å²) in [7, 11) is 0. The Hall–Kier alpha value is -1.81. The summed E-state index contributed by atoms with van der Waals surface area (Å²) in [6.07, 6.45) is 0.0723. The molecule has 0 aliphatic carbocycles. The molecular weight excluding hydrogens is 275 g/mol. The van der Waals surface area contributed by atoms with Crippen LogP contribution in [0.1, 0.15) is 25.0 Å². The van der Waals surface area contributed by atoms with Crippen LogP contribution in [0.5, 0.6) is 0 Å². The number of rotatable bonds is 4. The summed E-state index contributed by atoms with van der Waals surface area (Å²) in [6, 6.07) is 9.26. The highest BCUT2D eigenvalue weighted by Gasteiger charge is 2.30. The van der Waals surface area contributed by atoms with Crippen LogP contribution in [0.25, 0.3) is 0 Å². The minimum Gasteiger partial charge on any atom is -0.327 e. The predicted octanol–water partition coefficient (Wildman–Crippen LogP) is 3.95.